The SMILES string of the molecule is Cn1ncc(Cl)c1-c1nnc2sc(-c3ccco3)nn12. The van der Waals surface area contributed by atoms with Crippen LogP contribution in [0.5, 0.6) is 0 Å². The Balaban J connectivity index is 1.94. The number of hydrogen-bond acceptors (Lipinski definition) is 6. The van der Waals surface area contributed by atoms with Gasteiger partial charge in [-0.25, -0.2) is 0 Å². The minimum Gasteiger partial charge on any atom is -0.462 e. The van der Waals surface area contributed by atoms with E-state index < -0.39 is 0 Å². The second-order valence-corrected chi connectivity index (χ2v) is 5.43. The van der Waals surface area contributed by atoms with E-state index in [0.717, 1.165) is 5.01 Å². The molecule has 4 aromatic heterocycles. The van der Waals surface area contributed by atoms with Crippen LogP contribution in [0.2, 0.25) is 5.02 Å². The smallest absolute Gasteiger partial charge is 0.235 e. The summed E-state index contributed by atoms with van der Waals surface area (Å²) in [4.78, 5) is 0.670. The van der Waals surface area contributed by atoms with E-state index in [9.17, 15) is 0 Å². The van der Waals surface area contributed by atoms with E-state index >= 15 is 0 Å². The number of nitrogens with zero attached hydrogens (tertiary/aromatic N) is 6. The van der Waals surface area contributed by atoms with Gasteiger partial charge in [0, 0.05) is 7.05 Å². The maximum atomic E-state index is 6.14. The lowest BCUT2D eigenvalue weighted by molar-refractivity contribution is 0.580. The highest BCUT2D eigenvalue weighted by Gasteiger charge is 2.20. The number of rotatable bonds is 2. The van der Waals surface area contributed by atoms with E-state index in [-0.39, 0.29) is 0 Å². The zero-order valence-corrected chi connectivity index (χ0v) is 11.8. The van der Waals surface area contributed by atoms with Gasteiger partial charge in [-0.2, -0.15) is 9.61 Å². The van der Waals surface area contributed by atoms with Crippen LogP contribution >= 0.6 is 22.9 Å². The first-order valence-electron chi connectivity index (χ1n) is 5.68. The van der Waals surface area contributed by atoms with Gasteiger partial charge in [0.15, 0.2) is 10.8 Å². The van der Waals surface area contributed by atoms with Crippen molar-refractivity contribution in [2.24, 2.45) is 7.05 Å². The number of hydrogen-bond donors (Lipinski definition) is 0. The monoisotopic (exact) mass is 306 g/mol. The topological polar surface area (TPSA) is 74.0 Å². The first-order chi connectivity index (χ1) is 9.74. The van der Waals surface area contributed by atoms with Gasteiger partial charge in [-0.05, 0) is 12.1 Å². The average Bonchev–Trinajstić information content (AvgIpc) is 3.14. The summed E-state index contributed by atoms with van der Waals surface area (Å²) < 4.78 is 8.63. The normalized spacial score (nSPS) is 11.5. The molecule has 0 aliphatic heterocycles. The Morgan fingerprint density at radius 2 is 2.25 bits per heavy atom. The number of furan rings is 1. The van der Waals surface area contributed by atoms with Crippen LogP contribution in [0.4, 0.5) is 0 Å². The summed E-state index contributed by atoms with van der Waals surface area (Å²) in [5, 5.41) is 18.1. The molecule has 0 N–H and O–H groups in total. The number of halogens is 1. The number of aromatic nitrogens is 6. The van der Waals surface area contributed by atoms with Crippen LogP contribution < -0.4 is 0 Å². The lowest BCUT2D eigenvalue weighted by atomic mass is 10.4. The van der Waals surface area contributed by atoms with Gasteiger partial charge in [0.05, 0.1) is 17.5 Å². The molecule has 0 atom stereocenters. The van der Waals surface area contributed by atoms with E-state index in [0.29, 0.717) is 27.3 Å². The summed E-state index contributed by atoms with van der Waals surface area (Å²) >= 11 is 7.53. The van der Waals surface area contributed by atoms with Crippen LogP contribution in [0.15, 0.2) is 29.0 Å². The fourth-order valence-electron chi connectivity index (χ4n) is 1.93. The molecule has 9 heteroatoms. The predicted molar refractivity (Wildman–Crippen MR) is 73.6 cm³/mol. The van der Waals surface area contributed by atoms with Crippen molar-refractivity contribution in [3.05, 3.63) is 29.6 Å². The Kier molecular flexibility index (Phi) is 2.41. The molecule has 100 valence electrons. The van der Waals surface area contributed by atoms with Crippen LogP contribution in [0.3, 0.4) is 0 Å². The zero-order chi connectivity index (χ0) is 13.7. The van der Waals surface area contributed by atoms with E-state index in [2.05, 4.69) is 20.4 Å². The molecule has 0 aromatic carbocycles. The van der Waals surface area contributed by atoms with Gasteiger partial charge < -0.3 is 4.42 Å². The molecule has 20 heavy (non-hydrogen) atoms. The van der Waals surface area contributed by atoms with Crippen molar-refractivity contribution in [1.82, 2.24) is 29.6 Å². The highest BCUT2D eigenvalue weighted by molar-refractivity contribution is 7.19. The van der Waals surface area contributed by atoms with Crippen molar-refractivity contribution in [3.8, 4) is 22.3 Å². The third kappa shape index (κ3) is 1.58. The first-order valence-corrected chi connectivity index (χ1v) is 6.87. The Hall–Kier alpha value is -2.19. The fourth-order valence-corrected chi connectivity index (χ4v) is 2.98. The van der Waals surface area contributed by atoms with Crippen molar-refractivity contribution in [3.63, 3.8) is 0 Å². The first kappa shape index (κ1) is 11.6. The summed E-state index contributed by atoms with van der Waals surface area (Å²) in [6, 6.07) is 3.67. The van der Waals surface area contributed by atoms with E-state index in [4.69, 9.17) is 16.0 Å². The highest BCUT2D eigenvalue weighted by atomic mass is 35.5. The van der Waals surface area contributed by atoms with Crippen molar-refractivity contribution in [1.29, 1.82) is 0 Å². The highest BCUT2D eigenvalue weighted by Crippen LogP contribution is 2.30. The van der Waals surface area contributed by atoms with Crippen molar-refractivity contribution in [2.75, 3.05) is 0 Å². The molecule has 0 bridgehead atoms. The Bertz CT molecular complexity index is 870. The van der Waals surface area contributed by atoms with Crippen LogP contribution in [0.1, 0.15) is 0 Å². The third-order valence-corrected chi connectivity index (χ3v) is 4.02. The summed E-state index contributed by atoms with van der Waals surface area (Å²) in [6.07, 6.45) is 3.18. The average molecular weight is 307 g/mol. The van der Waals surface area contributed by atoms with Crippen molar-refractivity contribution in [2.45, 2.75) is 0 Å². The molecule has 0 amide bonds. The van der Waals surface area contributed by atoms with Gasteiger partial charge in [-0.15, -0.1) is 15.3 Å². The lowest BCUT2D eigenvalue weighted by Crippen LogP contribution is -1.98. The molecule has 7 nitrogen and oxygen atoms in total. The Morgan fingerprint density at radius 1 is 1.35 bits per heavy atom. The Labute approximate surface area is 121 Å². The molecule has 4 heterocycles. The molecular weight excluding hydrogens is 300 g/mol. The molecule has 4 rings (SSSR count). The number of aryl methyl sites for hydroxylation is 1. The standard InChI is InChI=1S/C11H7ClN6OS/c1-17-8(6(12)5-13-17)9-14-15-11-18(9)16-10(20-11)7-3-2-4-19-7/h2-5H,1H3. The molecule has 0 aliphatic carbocycles. The summed E-state index contributed by atoms with van der Waals surface area (Å²) in [5.41, 5.74) is 0.676. The maximum absolute atomic E-state index is 6.14. The lowest BCUT2D eigenvalue weighted by Gasteiger charge is -1.98. The van der Waals surface area contributed by atoms with Gasteiger partial charge in [0.25, 0.3) is 0 Å². The molecule has 0 saturated heterocycles. The van der Waals surface area contributed by atoms with Crippen LogP contribution in [0, 0.1) is 0 Å². The molecule has 4 aromatic rings. The third-order valence-electron chi connectivity index (χ3n) is 2.83. The van der Waals surface area contributed by atoms with E-state index in [1.54, 1.807) is 28.7 Å². The summed E-state index contributed by atoms with van der Waals surface area (Å²) in [5.74, 6) is 1.25. The van der Waals surface area contributed by atoms with Gasteiger partial charge in [-0.1, -0.05) is 22.9 Å². The van der Waals surface area contributed by atoms with Gasteiger partial charge in [-0.3, -0.25) is 4.68 Å². The quantitative estimate of drug-likeness (QED) is 0.569. The summed E-state index contributed by atoms with van der Waals surface area (Å²) in [6.45, 7) is 0. The summed E-state index contributed by atoms with van der Waals surface area (Å²) in [7, 11) is 1.79. The molecule has 0 aliphatic rings. The molecular formula is C11H7ClN6OS. The zero-order valence-electron chi connectivity index (χ0n) is 10.2. The molecule has 0 saturated carbocycles. The van der Waals surface area contributed by atoms with Gasteiger partial charge in [0.1, 0.15) is 5.69 Å². The van der Waals surface area contributed by atoms with Crippen LogP contribution in [-0.4, -0.2) is 29.6 Å². The predicted octanol–water partition coefficient (Wildman–Crippen LogP) is 2.50. The van der Waals surface area contributed by atoms with Gasteiger partial charge in [0.2, 0.25) is 10.8 Å². The Morgan fingerprint density at radius 3 is 2.95 bits per heavy atom. The minimum atomic E-state index is 0.509. The molecule has 0 fully saturated rings. The molecule has 0 radical (unpaired) electrons. The fraction of sp³-hybridized carbons (Fsp3) is 0.0909. The second-order valence-electron chi connectivity index (χ2n) is 4.07. The van der Waals surface area contributed by atoms with Crippen molar-refractivity contribution < 1.29 is 4.42 Å². The van der Waals surface area contributed by atoms with Crippen LogP contribution in [0.25, 0.3) is 27.2 Å². The molecule has 0 unspecified atom stereocenters. The number of fused-ring (bicyclic) bond motifs is 1. The van der Waals surface area contributed by atoms with E-state index in [1.807, 2.05) is 12.1 Å². The van der Waals surface area contributed by atoms with Gasteiger partial charge >= 0.3 is 0 Å². The maximum Gasteiger partial charge on any atom is 0.235 e. The largest absolute Gasteiger partial charge is 0.462 e. The second kappa shape index (κ2) is 4.15. The minimum absolute atomic E-state index is 0.509. The van der Waals surface area contributed by atoms with E-state index in [1.165, 1.54) is 11.3 Å². The van der Waals surface area contributed by atoms with Crippen LogP contribution in [-0.2, 0) is 7.05 Å². The van der Waals surface area contributed by atoms with Crippen molar-refractivity contribution >= 4 is 27.9 Å². The molecule has 0 spiro atoms.